The Hall–Kier alpha value is -3.53. The minimum atomic E-state index is -2.55. The van der Waals surface area contributed by atoms with Gasteiger partial charge in [-0.3, -0.25) is 0 Å². The molecule has 3 aromatic rings. The van der Waals surface area contributed by atoms with Crippen LogP contribution in [0.25, 0.3) is 0 Å². The average molecular weight is 699 g/mol. The summed E-state index contributed by atoms with van der Waals surface area (Å²) in [5, 5.41) is 7.56. The van der Waals surface area contributed by atoms with Crippen LogP contribution in [0.15, 0.2) is 42.6 Å². The highest BCUT2D eigenvalue weighted by Crippen LogP contribution is 2.42. The van der Waals surface area contributed by atoms with Crippen molar-refractivity contribution in [1.82, 2.24) is 19.8 Å². The van der Waals surface area contributed by atoms with Crippen molar-refractivity contribution in [2.75, 3.05) is 64.4 Å². The lowest BCUT2D eigenvalue weighted by Crippen LogP contribution is -2.49. The van der Waals surface area contributed by atoms with Crippen molar-refractivity contribution in [1.29, 1.82) is 0 Å². The summed E-state index contributed by atoms with van der Waals surface area (Å²) in [4.78, 5) is 25.9. The van der Waals surface area contributed by atoms with Crippen molar-refractivity contribution in [3.63, 3.8) is 0 Å². The molecule has 0 unspecified atom stereocenters. The summed E-state index contributed by atoms with van der Waals surface area (Å²) < 4.78 is 30.2. The van der Waals surface area contributed by atoms with E-state index >= 15 is 0 Å². The molecule has 11 nitrogen and oxygen atoms in total. The molecule has 2 aromatic carbocycles. The number of methoxy groups -OCH3 is 2. The van der Waals surface area contributed by atoms with Gasteiger partial charge in [0.05, 0.1) is 31.8 Å². The van der Waals surface area contributed by atoms with Crippen LogP contribution in [0.3, 0.4) is 0 Å². The first-order valence-electron chi connectivity index (χ1n) is 16.4. The van der Waals surface area contributed by atoms with E-state index in [4.69, 9.17) is 25.8 Å². The Morgan fingerprint density at radius 3 is 2.23 bits per heavy atom. The highest BCUT2D eigenvalue weighted by molar-refractivity contribution is 7.70. The van der Waals surface area contributed by atoms with Gasteiger partial charge in [0.25, 0.3) is 0 Å². The molecule has 2 aliphatic heterocycles. The van der Waals surface area contributed by atoms with Gasteiger partial charge in [0.1, 0.15) is 29.3 Å². The molecule has 0 radical (unpaired) electrons. The Kier molecular flexibility index (Phi) is 11.1. The number of amides is 1. The largest absolute Gasteiger partial charge is 0.496 e. The van der Waals surface area contributed by atoms with Crippen molar-refractivity contribution in [3.05, 3.63) is 53.2 Å². The molecule has 0 aliphatic carbocycles. The van der Waals surface area contributed by atoms with Crippen LogP contribution in [0.2, 0.25) is 5.02 Å². The summed E-state index contributed by atoms with van der Waals surface area (Å²) in [6.07, 6.45) is 5.21. The average Bonchev–Trinajstić information content (AvgIpc) is 3.05. The number of nitrogens with zero attached hydrogens (tertiary/aromatic N) is 4. The van der Waals surface area contributed by atoms with Gasteiger partial charge in [-0.2, -0.15) is 4.98 Å². The van der Waals surface area contributed by atoms with E-state index in [9.17, 15) is 9.36 Å². The minimum Gasteiger partial charge on any atom is -0.496 e. The van der Waals surface area contributed by atoms with Crippen LogP contribution in [-0.4, -0.2) is 91.2 Å². The lowest BCUT2D eigenvalue weighted by molar-refractivity contribution is 0.0127. The first kappa shape index (κ1) is 35.8. The molecule has 0 saturated carbocycles. The highest BCUT2D eigenvalue weighted by atomic mass is 35.5. The molecule has 1 amide bonds. The topological polar surface area (TPSA) is 118 Å². The Morgan fingerprint density at radius 1 is 0.938 bits per heavy atom. The quantitative estimate of drug-likeness (QED) is 0.218. The van der Waals surface area contributed by atoms with Gasteiger partial charge >= 0.3 is 6.09 Å². The van der Waals surface area contributed by atoms with Crippen molar-refractivity contribution in [2.24, 2.45) is 0 Å². The summed E-state index contributed by atoms with van der Waals surface area (Å²) in [6.45, 7) is 12.6. The highest BCUT2D eigenvalue weighted by Gasteiger charge is 2.32. The smallest absolute Gasteiger partial charge is 0.410 e. The van der Waals surface area contributed by atoms with Gasteiger partial charge in [0.2, 0.25) is 5.95 Å². The van der Waals surface area contributed by atoms with E-state index in [1.54, 1.807) is 27.5 Å². The van der Waals surface area contributed by atoms with Crippen molar-refractivity contribution in [2.45, 2.75) is 64.0 Å². The summed E-state index contributed by atoms with van der Waals surface area (Å²) in [7, 11) is 0.776. The van der Waals surface area contributed by atoms with E-state index in [0.29, 0.717) is 51.2 Å². The molecule has 2 aliphatic rings. The number of hydrogen-bond acceptors (Lipinski definition) is 10. The number of likely N-dealkylation sites (tertiary alicyclic amines) is 2. The summed E-state index contributed by atoms with van der Waals surface area (Å²) in [6, 6.07) is 11.9. The molecule has 1 aromatic heterocycles. The Bertz CT molecular complexity index is 1640. The number of halogens is 1. The number of ether oxygens (including phenoxy) is 3. The standard InChI is InChI=1S/C35H48ClN6O5P/c1-35(2,3)47-34(43)42-18-14-24(15-19-42)41-16-12-23(13-17-41)25-20-30(46-5)28(21-29(25)45-4)39-33-37-22-26(36)32(40-33)38-27-10-8-9-11-31(27)48(6,7)44/h8-11,20-24H,12-19H2,1-7H3,(H2,37,38,39,40). The number of aromatic nitrogens is 2. The maximum Gasteiger partial charge on any atom is 0.410 e. The van der Waals surface area contributed by atoms with Gasteiger partial charge in [-0.25, -0.2) is 9.78 Å². The van der Waals surface area contributed by atoms with Gasteiger partial charge in [0.15, 0.2) is 5.82 Å². The fourth-order valence-corrected chi connectivity index (χ4v) is 7.76. The maximum absolute atomic E-state index is 12.9. The molecular formula is C35H48ClN6O5P. The zero-order valence-corrected chi connectivity index (χ0v) is 30.7. The lowest BCUT2D eigenvalue weighted by atomic mass is 9.87. The number of carbonyl (C=O) groups is 1. The SMILES string of the molecule is COc1cc(C2CCN(C3CCN(C(=O)OC(C)(C)C)CC3)CC2)c(OC)cc1Nc1ncc(Cl)c(Nc2ccccc2P(C)(C)=O)n1. The monoisotopic (exact) mass is 698 g/mol. The molecule has 2 N–H and O–H groups in total. The number of piperidine rings is 2. The van der Waals surface area contributed by atoms with E-state index in [2.05, 4.69) is 25.5 Å². The van der Waals surface area contributed by atoms with Crippen LogP contribution in [0.1, 0.15) is 57.9 Å². The van der Waals surface area contributed by atoms with Crippen LogP contribution in [0, 0.1) is 0 Å². The van der Waals surface area contributed by atoms with Crippen LogP contribution in [-0.2, 0) is 9.30 Å². The molecule has 13 heteroatoms. The first-order valence-corrected chi connectivity index (χ1v) is 19.4. The Labute approximate surface area is 289 Å². The third-order valence-corrected chi connectivity index (χ3v) is 10.7. The fraction of sp³-hybridized carbons (Fsp3) is 0.514. The number of benzene rings is 2. The predicted octanol–water partition coefficient (Wildman–Crippen LogP) is 7.46. The van der Waals surface area contributed by atoms with Crippen LogP contribution in [0.4, 0.5) is 27.9 Å². The van der Waals surface area contributed by atoms with E-state index in [1.807, 2.05) is 62.1 Å². The second-order valence-corrected chi connectivity index (χ2v) is 17.4. The number of rotatable bonds is 9. The first-order chi connectivity index (χ1) is 22.8. The summed E-state index contributed by atoms with van der Waals surface area (Å²) >= 11 is 6.48. The zero-order chi connectivity index (χ0) is 34.6. The van der Waals surface area contributed by atoms with Gasteiger partial charge in [-0.1, -0.05) is 23.7 Å². The molecule has 5 rings (SSSR count). The third-order valence-electron chi connectivity index (χ3n) is 8.88. The van der Waals surface area contributed by atoms with E-state index < -0.39 is 12.7 Å². The molecular weight excluding hydrogens is 651 g/mol. The molecule has 0 bridgehead atoms. The molecule has 0 atom stereocenters. The molecule has 48 heavy (non-hydrogen) atoms. The van der Waals surface area contributed by atoms with Gasteiger partial charge in [-0.05, 0) is 97.0 Å². The number of para-hydroxylation sites is 1. The maximum atomic E-state index is 12.9. The fourth-order valence-electron chi connectivity index (χ4n) is 6.47. The van der Waals surface area contributed by atoms with E-state index in [-0.39, 0.29) is 6.09 Å². The summed E-state index contributed by atoms with van der Waals surface area (Å²) in [5.41, 5.74) is 1.97. The second-order valence-electron chi connectivity index (χ2n) is 13.8. The number of hydrogen-bond donors (Lipinski definition) is 2. The molecule has 260 valence electrons. The van der Waals surface area contributed by atoms with Gasteiger partial charge < -0.3 is 39.2 Å². The van der Waals surface area contributed by atoms with Crippen LogP contribution in [0.5, 0.6) is 11.5 Å². The van der Waals surface area contributed by atoms with E-state index in [1.165, 1.54) is 6.20 Å². The van der Waals surface area contributed by atoms with Crippen LogP contribution >= 0.6 is 18.7 Å². The zero-order valence-electron chi connectivity index (χ0n) is 29.0. The molecule has 3 heterocycles. The van der Waals surface area contributed by atoms with Gasteiger partial charge in [-0.15, -0.1) is 0 Å². The van der Waals surface area contributed by atoms with Crippen molar-refractivity contribution >= 4 is 53.3 Å². The van der Waals surface area contributed by atoms with Crippen molar-refractivity contribution in [3.8, 4) is 11.5 Å². The third kappa shape index (κ3) is 8.73. The number of nitrogens with one attached hydrogen (secondary N) is 2. The molecule has 0 spiro atoms. The molecule has 2 fully saturated rings. The van der Waals surface area contributed by atoms with Crippen molar-refractivity contribution < 1.29 is 23.6 Å². The Balaban J connectivity index is 1.25. The second kappa shape index (κ2) is 14.9. The predicted molar refractivity (Wildman–Crippen MR) is 193 cm³/mol. The summed E-state index contributed by atoms with van der Waals surface area (Å²) in [5.74, 6) is 2.44. The minimum absolute atomic E-state index is 0.217. The Morgan fingerprint density at radius 2 is 1.60 bits per heavy atom. The number of carbonyl (C=O) groups excluding carboxylic acids is 1. The number of anilines is 4. The van der Waals surface area contributed by atoms with Gasteiger partial charge in [0, 0.05) is 36.1 Å². The normalized spacial score (nSPS) is 16.8. The lowest BCUT2D eigenvalue weighted by Gasteiger charge is -2.42. The van der Waals surface area contributed by atoms with Crippen LogP contribution < -0.4 is 25.4 Å². The molecule has 2 saturated heterocycles. The van der Waals surface area contributed by atoms with E-state index in [0.717, 1.165) is 63.2 Å².